The van der Waals surface area contributed by atoms with Crippen LogP contribution in [0.1, 0.15) is 41.0 Å². The average Bonchev–Trinajstić information content (AvgIpc) is 3.32. The molecule has 1 fully saturated rings. The average molecular weight is 579 g/mol. The van der Waals surface area contributed by atoms with Gasteiger partial charge in [-0.15, -0.1) is 0 Å². The number of hydrogen-bond acceptors (Lipinski definition) is 5. The number of carbonyl (C=O) groups excluding carboxylic acids is 1. The maximum atomic E-state index is 14.9. The fourth-order valence-electron chi connectivity index (χ4n) is 6.17. The predicted molar refractivity (Wildman–Crippen MR) is 149 cm³/mol. The fraction of sp³-hybridized carbons (Fsp3) is 0.344. The van der Waals surface area contributed by atoms with E-state index < -0.39 is 23.6 Å². The summed E-state index contributed by atoms with van der Waals surface area (Å²) in [5.41, 5.74) is 2.54. The first-order valence-electron chi connectivity index (χ1n) is 13.8. The van der Waals surface area contributed by atoms with E-state index in [2.05, 4.69) is 9.88 Å². The molecule has 6 nitrogen and oxygen atoms in total. The number of methoxy groups -OCH3 is 1. The summed E-state index contributed by atoms with van der Waals surface area (Å²) < 4.78 is 61.9. The second kappa shape index (κ2) is 11.1. The second-order valence-electron chi connectivity index (χ2n) is 11.3. The first-order chi connectivity index (χ1) is 20.1. The molecule has 0 amide bonds. The van der Waals surface area contributed by atoms with E-state index >= 15 is 0 Å². The Kier molecular flexibility index (Phi) is 7.44. The molecule has 2 aromatic heterocycles. The van der Waals surface area contributed by atoms with Crippen LogP contribution in [0, 0.1) is 11.7 Å². The molecule has 0 aliphatic carbocycles. The zero-order chi connectivity index (χ0) is 29.6. The summed E-state index contributed by atoms with van der Waals surface area (Å²) >= 11 is 0. The van der Waals surface area contributed by atoms with E-state index in [4.69, 9.17) is 9.84 Å². The zero-order valence-electron chi connectivity index (χ0n) is 23.3. The van der Waals surface area contributed by atoms with Gasteiger partial charge in [0.05, 0.1) is 17.9 Å². The van der Waals surface area contributed by atoms with Gasteiger partial charge in [0.1, 0.15) is 11.9 Å². The number of aromatic nitrogens is 3. The third-order valence-electron chi connectivity index (χ3n) is 8.09. The van der Waals surface area contributed by atoms with Crippen molar-refractivity contribution in [1.29, 1.82) is 0 Å². The molecule has 42 heavy (non-hydrogen) atoms. The van der Waals surface area contributed by atoms with E-state index in [0.717, 1.165) is 58.5 Å². The van der Waals surface area contributed by atoms with Crippen LogP contribution in [-0.4, -0.2) is 52.3 Å². The number of rotatable bonds is 8. The number of allylic oxidation sites excluding steroid dienone is 2. The number of Topliss-reactive ketones (excluding diaryl/α,β-unsaturated/α-hetero) is 1. The molecule has 0 bridgehead atoms. The lowest BCUT2D eigenvalue weighted by molar-refractivity contribution is -0.140. The summed E-state index contributed by atoms with van der Waals surface area (Å²) in [6.45, 7) is 4.91. The number of likely N-dealkylation sites (tertiary alicyclic amines) is 1. The van der Waals surface area contributed by atoms with Crippen molar-refractivity contribution in [3.8, 4) is 0 Å². The molecular weight excluding hydrogens is 548 g/mol. The number of halogens is 4. The summed E-state index contributed by atoms with van der Waals surface area (Å²) in [7, 11) is 1.68. The highest BCUT2D eigenvalue weighted by Gasteiger charge is 2.37. The maximum absolute atomic E-state index is 14.9. The van der Waals surface area contributed by atoms with Crippen molar-refractivity contribution in [1.82, 2.24) is 19.7 Å². The molecule has 2 aliphatic heterocycles. The van der Waals surface area contributed by atoms with Crippen molar-refractivity contribution < 1.29 is 27.1 Å². The van der Waals surface area contributed by atoms with Gasteiger partial charge < -0.3 is 4.74 Å². The molecule has 1 atom stereocenters. The minimum Gasteiger partial charge on any atom is -0.384 e. The molecule has 1 unspecified atom stereocenters. The molecule has 0 radical (unpaired) electrons. The lowest BCUT2D eigenvalue weighted by atomic mass is 9.85. The number of fused-ring (bicyclic) bond motifs is 2. The van der Waals surface area contributed by atoms with E-state index in [1.807, 2.05) is 37.3 Å². The summed E-state index contributed by atoms with van der Waals surface area (Å²) in [4.78, 5) is 20.3. The number of benzene rings is 2. The van der Waals surface area contributed by atoms with E-state index in [9.17, 15) is 22.4 Å². The van der Waals surface area contributed by atoms with Gasteiger partial charge in [-0.1, -0.05) is 29.8 Å². The molecule has 0 N–H and O–H groups in total. The Morgan fingerprint density at radius 3 is 2.62 bits per heavy atom. The Morgan fingerprint density at radius 1 is 1.07 bits per heavy atom. The number of alkyl halides is 3. The molecule has 0 spiro atoms. The van der Waals surface area contributed by atoms with Gasteiger partial charge in [0, 0.05) is 74.6 Å². The van der Waals surface area contributed by atoms with Gasteiger partial charge in [-0.05, 0) is 47.7 Å². The van der Waals surface area contributed by atoms with Gasteiger partial charge in [0.2, 0.25) is 0 Å². The molecule has 4 heterocycles. The van der Waals surface area contributed by atoms with Gasteiger partial charge in [-0.3, -0.25) is 19.4 Å². The van der Waals surface area contributed by atoms with Crippen LogP contribution in [0.4, 0.5) is 17.6 Å². The highest BCUT2D eigenvalue weighted by atomic mass is 19.4. The third-order valence-corrected chi connectivity index (χ3v) is 8.09. The molecular formula is C32H30F4N4O2. The monoisotopic (exact) mass is 578 g/mol. The Bertz CT molecular complexity index is 1690. The van der Waals surface area contributed by atoms with Crippen LogP contribution in [-0.2, 0) is 35.1 Å². The van der Waals surface area contributed by atoms with Crippen LogP contribution in [0.25, 0.3) is 10.8 Å². The first-order valence-corrected chi connectivity index (χ1v) is 13.8. The lowest BCUT2D eigenvalue weighted by Crippen LogP contribution is -2.47. The van der Waals surface area contributed by atoms with Crippen LogP contribution in [0.2, 0.25) is 0 Å². The van der Waals surface area contributed by atoms with E-state index in [-0.39, 0.29) is 17.8 Å². The molecule has 218 valence electrons. The van der Waals surface area contributed by atoms with Gasteiger partial charge in [0.15, 0.2) is 5.78 Å². The van der Waals surface area contributed by atoms with Crippen LogP contribution in [0.3, 0.4) is 0 Å². The Balaban J connectivity index is 1.35. The molecule has 0 saturated carbocycles. The molecule has 1 saturated heterocycles. The third kappa shape index (κ3) is 5.48. The summed E-state index contributed by atoms with van der Waals surface area (Å²) in [6, 6.07) is 11.6. The fourth-order valence-corrected chi connectivity index (χ4v) is 6.17. The Labute approximate surface area is 240 Å². The van der Waals surface area contributed by atoms with E-state index in [1.54, 1.807) is 24.2 Å². The predicted octanol–water partition coefficient (Wildman–Crippen LogP) is 5.94. The van der Waals surface area contributed by atoms with Crippen LogP contribution < -0.4 is 0 Å². The van der Waals surface area contributed by atoms with Crippen LogP contribution in [0.5, 0.6) is 0 Å². The van der Waals surface area contributed by atoms with E-state index in [0.29, 0.717) is 31.1 Å². The van der Waals surface area contributed by atoms with Crippen molar-refractivity contribution >= 4 is 16.6 Å². The SMILES string of the molecule is COCC1CN(Cc2cc3n(n2)C(c2ccc(C(F)(F)F)c(F)c2)C(C(=O)Cc2ccc4cnccc4c2)=C(C)C3)C1. The quantitative estimate of drug-likeness (QED) is 0.242. The minimum atomic E-state index is -4.83. The van der Waals surface area contributed by atoms with Crippen molar-refractivity contribution in [2.24, 2.45) is 5.92 Å². The molecule has 10 heteroatoms. The van der Waals surface area contributed by atoms with Crippen LogP contribution in [0.15, 0.2) is 72.1 Å². The van der Waals surface area contributed by atoms with Gasteiger partial charge in [0.25, 0.3) is 0 Å². The smallest absolute Gasteiger partial charge is 0.384 e. The van der Waals surface area contributed by atoms with Crippen molar-refractivity contribution in [2.75, 3.05) is 26.8 Å². The molecule has 2 aromatic carbocycles. The van der Waals surface area contributed by atoms with Crippen molar-refractivity contribution in [3.63, 3.8) is 0 Å². The number of carbonyl (C=O) groups is 1. The van der Waals surface area contributed by atoms with Crippen LogP contribution >= 0.6 is 0 Å². The van der Waals surface area contributed by atoms with Crippen molar-refractivity contribution in [2.45, 2.75) is 38.5 Å². The largest absolute Gasteiger partial charge is 0.419 e. The molecule has 4 aromatic rings. The van der Waals surface area contributed by atoms with Crippen molar-refractivity contribution in [3.05, 3.63) is 106 Å². The Hall–Kier alpha value is -3.89. The minimum absolute atomic E-state index is 0.0860. The second-order valence-corrected chi connectivity index (χ2v) is 11.3. The number of ether oxygens (including phenoxy) is 1. The number of pyridine rings is 1. The number of hydrogen-bond donors (Lipinski definition) is 0. The number of ketones is 1. The Morgan fingerprint density at radius 2 is 1.88 bits per heavy atom. The van der Waals surface area contributed by atoms with Gasteiger partial charge in [-0.25, -0.2) is 4.39 Å². The zero-order valence-corrected chi connectivity index (χ0v) is 23.3. The highest BCUT2D eigenvalue weighted by Crippen LogP contribution is 2.39. The van der Waals surface area contributed by atoms with Gasteiger partial charge in [-0.2, -0.15) is 18.3 Å². The maximum Gasteiger partial charge on any atom is 0.419 e. The summed E-state index contributed by atoms with van der Waals surface area (Å²) in [6.07, 6.45) is -0.844. The first kappa shape index (κ1) is 28.2. The van der Waals surface area contributed by atoms with E-state index in [1.165, 1.54) is 6.07 Å². The number of nitrogens with zero attached hydrogens (tertiary/aromatic N) is 4. The summed E-state index contributed by atoms with van der Waals surface area (Å²) in [5, 5.41) is 6.72. The topological polar surface area (TPSA) is 60.2 Å². The standard InChI is InChI=1S/C32H30F4N4O2/c1-19-9-26-13-25(17-39-15-21(16-39)18-42-2)38-40(26)31(23-5-6-27(28(33)12-23)32(34,35)36)30(19)29(41)11-20-3-4-24-14-37-8-7-22(24)10-20/h3-8,10,12-14,21,31H,9,11,15-18H2,1-2H3. The lowest BCUT2D eigenvalue weighted by Gasteiger charge is -2.38. The van der Waals surface area contributed by atoms with Gasteiger partial charge >= 0.3 is 6.18 Å². The highest BCUT2D eigenvalue weighted by molar-refractivity contribution is 5.99. The molecule has 2 aliphatic rings. The summed E-state index contributed by atoms with van der Waals surface area (Å²) in [5.74, 6) is -1.09. The molecule has 6 rings (SSSR count). The normalized spacial score (nSPS) is 17.9.